The third kappa shape index (κ3) is 6.29. The van der Waals surface area contributed by atoms with Gasteiger partial charge in [0.1, 0.15) is 17.3 Å². The van der Waals surface area contributed by atoms with Crippen LogP contribution >= 0.6 is 11.6 Å². The Bertz CT molecular complexity index is 1060. The summed E-state index contributed by atoms with van der Waals surface area (Å²) in [6.07, 6.45) is -1.46. The normalized spacial score (nSPS) is 17.5. The number of amides is 1. The summed E-state index contributed by atoms with van der Waals surface area (Å²) in [6, 6.07) is 6.75. The van der Waals surface area contributed by atoms with Crippen LogP contribution < -0.4 is 9.80 Å². The van der Waals surface area contributed by atoms with Gasteiger partial charge in [-0.2, -0.15) is 13.2 Å². The number of unbranched alkanes of at least 4 members (excludes halogenated alkanes) is 1. The Labute approximate surface area is 215 Å². The number of aryl methyl sites for hydroxylation is 1. The molecule has 0 bridgehead atoms. The standard InChI is InChI=1S/C26H33ClF3N5O/c1-25(2,3)24-31-21(26(28,29)30)17-22(32-24)34-14-12-33(13-15-34)10-4-5-11-35-20-8-7-19(27)16-18(20)6-9-23(35)36/h7-8,16-17H,4-6,9-15H2,1-3H3. The molecule has 10 heteroatoms. The van der Waals surface area contributed by atoms with Crippen molar-refractivity contribution in [2.45, 2.75) is 58.0 Å². The van der Waals surface area contributed by atoms with Crippen LogP contribution in [0.1, 0.15) is 57.1 Å². The topological polar surface area (TPSA) is 52.6 Å². The average Bonchev–Trinajstić information content (AvgIpc) is 2.82. The SMILES string of the molecule is CC(C)(C)c1nc(N2CCN(CCCCN3C(=O)CCc4cc(Cl)ccc43)CC2)cc(C(F)(F)F)n1. The van der Waals surface area contributed by atoms with Crippen molar-refractivity contribution >= 4 is 29.0 Å². The minimum Gasteiger partial charge on any atom is -0.354 e. The van der Waals surface area contributed by atoms with Gasteiger partial charge >= 0.3 is 6.18 Å². The third-order valence-corrected chi connectivity index (χ3v) is 6.95. The quantitative estimate of drug-likeness (QED) is 0.479. The molecule has 1 amide bonds. The summed E-state index contributed by atoms with van der Waals surface area (Å²) < 4.78 is 40.3. The predicted octanol–water partition coefficient (Wildman–Crippen LogP) is 5.33. The summed E-state index contributed by atoms with van der Waals surface area (Å²) in [5.41, 5.74) is 0.601. The number of carbonyl (C=O) groups is 1. The van der Waals surface area contributed by atoms with E-state index in [1.165, 1.54) is 0 Å². The van der Waals surface area contributed by atoms with Crippen LogP contribution in [-0.2, 0) is 22.8 Å². The maximum Gasteiger partial charge on any atom is 0.433 e. The monoisotopic (exact) mass is 523 g/mol. The van der Waals surface area contributed by atoms with Crippen LogP contribution in [0.15, 0.2) is 24.3 Å². The molecule has 2 aliphatic heterocycles. The van der Waals surface area contributed by atoms with Crippen LogP contribution in [0.2, 0.25) is 5.02 Å². The van der Waals surface area contributed by atoms with E-state index in [-0.39, 0.29) is 11.7 Å². The van der Waals surface area contributed by atoms with Crippen molar-refractivity contribution in [1.82, 2.24) is 14.9 Å². The molecule has 1 saturated heterocycles. The van der Waals surface area contributed by atoms with Crippen LogP contribution in [0, 0.1) is 0 Å². The predicted molar refractivity (Wildman–Crippen MR) is 136 cm³/mol. The molecule has 0 radical (unpaired) electrons. The second-order valence-electron chi connectivity index (χ2n) is 10.5. The Morgan fingerprint density at radius 3 is 2.31 bits per heavy atom. The third-order valence-electron chi connectivity index (χ3n) is 6.72. The summed E-state index contributed by atoms with van der Waals surface area (Å²) in [5, 5.41) is 0.688. The van der Waals surface area contributed by atoms with Crippen molar-refractivity contribution < 1.29 is 18.0 Å². The van der Waals surface area contributed by atoms with Gasteiger partial charge in [-0.05, 0) is 49.6 Å². The Morgan fingerprint density at radius 2 is 1.64 bits per heavy atom. The van der Waals surface area contributed by atoms with Crippen LogP contribution in [0.3, 0.4) is 0 Å². The first-order valence-corrected chi connectivity index (χ1v) is 12.8. The number of anilines is 2. The highest BCUT2D eigenvalue weighted by Gasteiger charge is 2.36. The van der Waals surface area contributed by atoms with Gasteiger partial charge in [0.25, 0.3) is 0 Å². The van der Waals surface area contributed by atoms with Gasteiger partial charge in [-0.25, -0.2) is 9.97 Å². The van der Waals surface area contributed by atoms with Gasteiger partial charge in [0.05, 0.1) is 0 Å². The van der Waals surface area contributed by atoms with Gasteiger partial charge in [0, 0.05) is 61.3 Å². The molecule has 6 nitrogen and oxygen atoms in total. The first-order valence-electron chi connectivity index (χ1n) is 12.4. The first-order chi connectivity index (χ1) is 16.9. The molecular formula is C26H33ClF3N5O. The Balaban J connectivity index is 1.30. The van der Waals surface area contributed by atoms with E-state index in [2.05, 4.69) is 14.9 Å². The fourth-order valence-electron chi connectivity index (χ4n) is 4.66. The summed E-state index contributed by atoms with van der Waals surface area (Å²) >= 11 is 6.11. The van der Waals surface area contributed by atoms with E-state index in [0.29, 0.717) is 36.9 Å². The molecule has 1 aromatic heterocycles. The second kappa shape index (κ2) is 10.5. The summed E-state index contributed by atoms with van der Waals surface area (Å²) in [7, 11) is 0. The summed E-state index contributed by atoms with van der Waals surface area (Å²) in [6.45, 7) is 9.71. The van der Waals surface area contributed by atoms with Gasteiger partial charge in [-0.3, -0.25) is 9.69 Å². The zero-order valence-electron chi connectivity index (χ0n) is 21.0. The molecule has 3 heterocycles. The average molecular weight is 524 g/mol. The minimum absolute atomic E-state index is 0.149. The largest absolute Gasteiger partial charge is 0.433 e. The fraction of sp³-hybridized carbons (Fsp3) is 0.577. The molecule has 0 unspecified atom stereocenters. The van der Waals surface area contributed by atoms with Gasteiger partial charge in [0.15, 0.2) is 0 Å². The molecule has 1 fully saturated rings. The number of piperazine rings is 1. The molecule has 0 N–H and O–H groups in total. The zero-order chi connectivity index (χ0) is 26.1. The number of halogens is 4. The van der Waals surface area contributed by atoms with Crippen LogP contribution in [0.4, 0.5) is 24.7 Å². The molecule has 196 valence electrons. The van der Waals surface area contributed by atoms with Crippen molar-refractivity contribution in [3.8, 4) is 0 Å². The van der Waals surface area contributed by atoms with E-state index >= 15 is 0 Å². The van der Waals surface area contributed by atoms with Crippen molar-refractivity contribution in [1.29, 1.82) is 0 Å². The van der Waals surface area contributed by atoms with Crippen molar-refractivity contribution in [3.05, 3.63) is 46.4 Å². The molecule has 2 aliphatic rings. The molecule has 4 rings (SSSR count). The van der Waals surface area contributed by atoms with E-state index in [1.54, 1.807) is 0 Å². The second-order valence-corrected chi connectivity index (χ2v) is 11.0. The Kier molecular flexibility index (Phi) is 7.80. The zero-order valence-corrected chi connectivity index (χ0v) is 21.8. The van der Waals surface area contributed by atoms with E-state index < -0.39 is 17.3 Å². The van der Waals surface area contributed by atoms with E-state index in [1.807, 2.05) is 48.8 Å². The molecule has 36 heavy (non-hydrogen) atoms. The Morgan fingerprint density at radius 1 is 0.944 bits per heavy atom. The molecule has 0 aliphatic carbocycles. The molecule has 0 saturated carbocycles. The number of nitrogens with zero attached hydrogens (tertiary/aromatic N) is 5. The lowest BCUT2D eigenvalue weighted by Crippen LogP contribution is -2.47. The van der Waals surface area contributed by atoms with Gasteiger partial charge in [0.2, 0.25) is 5.91 Å². The van der Waals surface area contributed by atoms with Crippen LogP contribution in [0.25, 0.3) is 0 Å². The lowest BCUT2D eigenvalue weighted by atomic mass is 9.95. The maximum absolute atomic E-state index is 13.4. The van der Waals surface area contributed by atoms with Gasteiger partial charge < -0.3 is 9.80 Å². The molecule has 2 aromatic rings. The smallest absolute Gasteiger partial charge is 0.354 e. The summed E-state index contributed by atoms with van der Waals surface area (Å²) in [4.78, 5) is 26.8. The highest BCUT2D eigenvalue weighted by molar-refractivity contribution is 6.30. The van der Waals surface area contributed by atoms with Crippen LogP contribution in [0.5, 0.6) is 0 Å². The molecule has 0 spiro atoms. The van der Waals surface area contributed by atoms with Crippen LogP contribution in [-0.4, -0.2) is 60.0 Å². The number of alkyl halides is 3. The summed E-state index contributed by atoms with van der Waals surface area (Å²) in [5.74, 6) is 0.686. The number of rotatable bonds is 6. The number of benzene rings is 1. The molecular weight excluding hydrogens is 491 g/mol. The first kappa shape index (κ1) is 26.7. The molecule has 1 aromatic carbocycles. The van der Waals surface area contributed by atoms with Gasteiger partial charge in [-0.1, -0.05) is 32.4 Å². The lowest BCUT2D eigenvalue weighted by molar-refractivity contribution is -0.141. The van der Waals surface area contributed by atoms with E-state index in [4.69, 9.17) is 11.6 Å². The van der Waals surface area contributed by atoms with Gasteiger partial charge in [-0.15, -0.1) is 0 Å². The maximum atomic E-state index is 13.4. The minimum atomic E-state index is -4.51. The molecule has 0 atom stereocenters. The number of aromatic nitrogens is 2. The fourth-order valence-corrected chi connectivity index (χ4v) is 4.85. The number of hydrogen-bond donors (Lipinski definition) is 0. The number of fused-ring (bicyclic) bond motifs is 1. The van der Waals surface area contributed by atoms with Crippen molar-refractivity contribution in [2.24, 2.45) is 0 Å². The Hall–Kier alpha value is -2.39. The number of hydrogen-bond acceptors (Lipinski definition) is 5. The number of carbonyl (C=O) groups excluding carboxylic acids is 1. The van der Waals surface area contributed by atoms with Crippen molar-refractivity contribution in [3.63, 3.8) is 0 Å². The lowest BCUT2D eigenvalue weighted by Gasteiger charge is -2.36. The highest BCUT2D eigenvalue weighted by Crippen LogP contribution is 2.33. The van der Waals surface area contributed by atoms with Crippen molar-refractivity contribution in [2.75, 3.05) is 49.1 Å². The highest BCUT2D eigenvalue weighted by atomic mass is 35.5. The van der Waals surface area contributed by atoms with E-state index in [9.17, 15) is 18.0 Å². The van der Waals surface area contributed by atoms with E-state index in [0.717, 1.165) is 56.2 Å².